The topological polar surface area (TPSA) is 16.4 Å². The van der Waals surface area contributed by atoms with E-state index < -0.39 is 0 Å². The van der Waals surface area contributed by atoms with Crippen LogP contribution in [0.25, 0.3) is 88.0 Å². The standard InChI is InChI=1S/C56H37NO/c1-4-15-38(16-5-1)39-27-29-43(30-28-39)48-35-36-52(55-49-24-12-13-26-53(49)58-56(48)55)57(51-25-14-22-44-32-31-42-21-10-11-23-47(42)54(44)51)45-33-34-46(40-17-6-2-7-18-40)50(37-45)41-19-8-3-9-20-41/h1-37H. The quantitative estimate of drug-likeness (QED) is 0.151. The van der Waals surface area contributed by atoms with Crippen LogP contribution in [-0.4, -0.2) is 0 Å². The van der Waals surface area contributed by atoms with Gasteiger partial charge in [-0.15, -0.1) is 0 Å². The first kappa shape index (κ1) is 33.6. The van der Waals surface area contributed by atoms with Crippen molar-refractivity contribution in [3.63, 3.8) is 0 Å². The Morgan fingerprint density at radius 1 is 0.310 bits per heavy atom. The minimum absolute atomic E-state index is 0.861. The third-order valence-corrected chi connectivity index (χ3v) is 11.5. The molecule has 0 fully saturated rings. The smallest absolute Gasteiger partial charge is 0.145 e. The third-order valence-electron chi connectivity index (χ3n) is 11.5. The van der Waals surface area contributed by atoms with E-state index in [2.05, 4.69) is 229 Å². The highest BCUT2D eigenvalue weighted by molar-refractivity contribution is 6.20. The van der Waals surface area contributed by atoms with Gasteiger partial charge in [0.1, 0.15) is 11.2 Å². The van der Waals surface area contributed by atoms with E-state index in [9.17, 15) is 0 Å². The van der Waals surface area contributed by atoms with E-state index in [0.717, 1.165) is 50.1 Å². The molecule has 1 aromatic heterocycles. The van der Waals surface area contributed by atoms with Gasteiger partial charge in [0.05, 0.1) is 16.8 Å². The number of furan rings is 1. The molecule has 0 saturated heterocycles. The zero-order valence-corrected chi connectivity index (χ0v) is 31.7. The molecule has 11 aromatic rings. The van der Waals surface area contributed by atoms with E-state index in [4.69, 9.17) is 4.42 Å². The summed E-state index contributed by atoms with van der Waals surface area (Å²) in [6.07, 6.45) is 0. The highest BCUT2D eigenvalue weighted by atomic mass is 16.3. The highest BCUT2D eigenvalue weighted by Crippen LogP contribution is 2.49. The lowest BCUT2D eigenvalue weighted by Crippen LogP contribution is -2.11. The zero-order valence-electron chi connectivity index (χ0n) is 31.7. The molecule has 2 heteroatoms. The van der Waals surface area contributed by atoms with E-state index in [1.54, 1.807) is 0 Å². The third kappa shape index (κ3) is 5.74. The molecule has 272 valence electrons. The summed E-state index contributed by atoms with van der Waals surface area (Å²) in [4.78, 5) is 2.46. The molecular formula is C56H37NO. The van der Waals surface area contributed by atoms with Gasteiger partial charge < -0.3 is 9.32 Å². The summed E-state index contributed by atoms with van der Waals surface area (Å²) in [5, 5.41) is 6.97. The monoisotopic (exact) mass is 739 g/mol. The Morgan fingerprint density at radius 3 is 1.60 bits per heavy atom. The number of nitrogens with zero attached hydrogens (tertiary/aromatic N) is 1. The van der Waals surface area contributed by atoms with Crippen molar-refractivity contribution in [2.75, 3.05) is 4.90 Å². The molecule has 10 aromatic carbocycles. The Balaban J connectivity index is 1.21. The van der Waals surface area contributed by atoms with Gasteiger partial charge in [-0.2, -0.15) is 0 Å². The molecule has 58 heavy (non-hydrogen) atoms. The lowest BCUT2D eigenvalue weighted by Gasteiger charge is -2.29. The fourth-order valence-electron chi connectivity index (χ4n) is 8.73. The molecule has 0 amide bonds. The first-order valence-corrected chi connectivity index (χ1v) is 19.8. The normalized spacial score (nSPS) is 11.4. The highest BCUT2D eigenvalue weighted by Gasteiger charge is 2.25. The van der Waals surface area contributed by atoms with Gasteiger partial charge in [-0.05, 0) is 91.5 Å². The fraction of sp³-hybridized carbons (Fsp3) is 0. The van der Waals surface area contributed by atoms with E-state index in [-0.39, 0.29) is 0 Å². The minimum atomic E-state index is 0.861. The summed E-state index contributed by atoms with van der Waals surface area (Å²) in [5.41, 5.74) is 14.2. The Labute approximate surface area is 337 Å². The van der Waals surface area contributed by atoms with Crippen LogP contribution in [0.4, 0.5) is 17.1 Å². The van der Waals surface area contributed by atoms with Crippen LogP contribution in [-0.2, 0) is 0 Å². The van der Waals surface area contributed by atoms with Crippen molar-refractivity contribution >= 4 is 60.5 Å². The molecule has 0 aliphatic heterocycles. The van der Waals surface area contributed by atoms with Crippen LogP contribution in [0.3, 0.4) is 0 Å². The number of benzene rings is 10. The number of fused-ring (bicyclic) bond motifs is 6. The Hall–Kier alpha value is -7.68. The molecule has 0 unspecified atom stereocenters. The predicted octanol–water partition coefficient (Wildman–Crippen LogP) is 16.0. The lowest BCUT2D eigenvalue weighted by molar-refractivity contribution is 0.670. The molecule has 0 spiro atoms. The van der Waals surface area contributed by atoms with Crippen molar-refractivity contribution in [3.05, 3.63) is 224 Å². The van der Waals surface area contributed by atoms with Crippen molar-refractivity contribution < 1.29 is 4.42 Å². The molecule has 2 nitrogen and oxygen atoms in total. The van der Waals surface area contributed by atoms with Crippen LogP contribution >= 0.6 is 0 Å². The Kier molecular flexibility index (Phi) is 8.19. The summed E-state index contributed by atoms with van der Waals surface area (Å²) in [7, 11) is 0. The first-order chi connectivity index (χ1) is 28.8. The average molecular weight is 740 g/mol. The second-order valence-electron chi connectivity index (χ2n) is 14.8. The number of para-hydroxylation sites is 1. The molecule has 0 aliphatic carbocycles. The molecule has 0 radical (unpaired) electrons. The minimum Gasteiger partial charge on any atom is -0.455 e. The van der Waals surface area contributed by atoms with E-state index in [0.29, 0.717) is 0 Å². The average Bonchev–Trinajstić information content (AvgIpc) is 3.70. The van der Waals surface area contributed by atoms with Crippen molar-refractivity contribution in [2.45, 2.75) is 0 Å². The summed E-state index contributed by atoms with van der Waals surface area (Å²) >= 11 is 0. The maximum Gasteiger partial charge on any atom is 0.145 e. The SMILES string of the molecule is c1ccc(-c2ccc(-c3ccc(N(c4ccc(-c5ccccc5)c(-c5ccccc5)c4)c4cccc5ccc6ccccc6c45)c4c3oc3ccccc34)cc2)cc1. The van der Waals surface area contributed by atoms with Crippen molar-refractivity contribution in [1.82, 2.24) is 0 Å². The molecular weight excluding hydrogens is 703 g/mol. The maximum atomic E-state index is 6.92. The van der Waals surface area contributed by atoms with Crippen molar-refractivity contribution in [3.8, 4) is 44.5 Å². The zero-order chi connectivity index (χ0) is 38.4. The number of anilines is 3. The number of hydrogen-bond donors (Lipinski definition) is 0. The van der Waals surface area contributed by atoms with Crippen LogP contribution in [0, 0.1) is 0 Å². The second kappa shape index (κ2) is 14.1. The van der Waals surface area contributed by atoms with Crippen LogP contribution in [0.2, 0.25) is 0 Å². The van der Waals surface area contributed by atoms with Gasteiger partial charge >= 0.3 is 0 Å². The van der Waals surface area contributed by atoms with Crippen LogP contribution < -0.4 is 4.90 Å². The van der Waals surface area contributed by atoms with Crippen LogP contribution in [0.15, 0.2) is 229 Å². The van der Waals surface area contributed by atoms with Gasteiger partial charge in [0.2, 0.25) is 0 Å². The largest absolute Gasteiger partial charge is 0.455 e. The maximum absolute atomic E-state index is 6.92. The summed E-state index contributed by atoms with van der Waals surface area (Å²) in [6.45, 7) is 0. The molecule has 1 heterocycles. The predicted molar refractivity (Wildman–Crippen MR) is 245 cm³/mol. The molecule has 0 N–H and O–H groups in total. The molecule has 11 rings (SSSR count). The van der Waals surface area contributed by atoms with Gasteiger partial charge in [-0.25, -0.2) is 0 Å². The fourth-order valence-corrected chi connectivity index (χ4v) is 8.73. The van der Waals surface area contributed by atoms with Gasteiger partial charge in [0, 0.05) is 22.0 Å². The Morgan fingerprint density at radius 2 is 0.845 bits per heavy atom. The van der Waals surface area contributed by atoms with Gasteiger partial charge in [0.15, 0.2) is 0 Å². The van der Waals surface area contributed by atoms with Crippen molar-refractivity contribution in [1.29, 1.82) is 0 Å². The van der Waals surface area contributed by atoms with E-state index in [1.807, 2.05) is 0 Å². The summed E-state index contributed by atoms with van der Waals surface area (Å²) in [5.74, 6) is 0. The van der Waals surface area contributed by atoms with Gasteiger partial charge in [0.25, 0.3) is 0 Å². The molecule has 0 atom stereocenters. The van der Waals surface area contributed by atoms with Crippen molar-refractivity contribution in [2.24, 2.45) is 0 Å². The first-order valence-electron chi connectivity index (χ1n) is 19.8. The summed E-state index contributed by atoms with van der Waals surface area (Å²) in [6, 6.07) is 80.6. The lowest BCUT2D eigenvalue weighted by atomic mass is 9.93. The molecule has 0 bridgehead atoms. The van der Waals surface area contributed by atoms with E-state index in [1.165, 1.54) is 54.9 Å². The van der Waals surface area contributed by atoms with Crippen LogP contribution in [0.1, 0.15) is 0 Å². The van der Waals surface area contributed by atoms with Gasteiger partial charge in [-0.1, -0.05) is 188 Å². The van der Waals surface area contributed by atoms with E-state index >= 15 is 0 Å². The van der Waals surface area contributed by atoms with Crippen LogP contribution in [0.5, 0.6) is 0 Å². The van der Waals surface area contributed by atoms with Gasteiger partial charge in [-0.3, -0.25) is 0 Å². The molecule has 0 saturated carbocycles. The number of rotatable bonds is 7. The second-order valence-corrected chi connectivity index (χ2v) is 14.8. The Bertz CT molecular complexity index is 3260. The number of hydrogen-bond acceptors (Lipinski definition) is 2. The molecule has 0 aliphatic rings. The summed E-state index contributed by atoms with van der Waals surface area (Å²) < 4.78 is 6.92.